The van der Waals surface area contributed by atoms with Gasteiger partial charge in [-0.25, -0.2) is 9.18 Å². The van der Waals surface area contributed by atoms with Crippen molar-refractivity contribution in [3.05, 3.63) is 35.9 Å². The van der Waals surface area contributed by atoms with Crippen molar-refractivity contribution in [1.82, 2.24) is 0 Å². The summed E-state index contributed by atoms with van der Waals surface area (Å²) in [6, 6.07) is 8.23. The maximum absolute atomic E-state index is 13.4. The summed E-state index contributed by atoms with van der Waals surface area (Å²) in [6.45, 7) is -0.358. The molecule has 0 bridgehead atoms. The van der Waals surface area contributed by atoms with Crippen LogP contribution in [-0.4, -0.2) is 47.5 Å². The number of rotatable bonds is 3. The minimum Gasteiger partial charge on any atom is -0.459 e. The molecule has 0 radical (unpaired) electrons. The fourth-order valence-electron chi connectivity index (χ4n) is 1.66. The molecule has 4 atom stereocenters. The van der Waals surface area contributed by atoms with E-state index in [0.717, 1.165) is 0 Å². The molecule has 0 aliphatic carbocycles. The number of carbonyl (C=O) groups excluding carboxylic acids is 1. The van der Waals surface area contributed by atoms with E-state index in [1.165, 1.54) is 0 Å². The Hall–Kier alpha value is -1.50. The highest BCUT2D eigenvalue weighted by molar-refractivity contribution is 5.89. The lowest BCUT2D eigenvalue weighted by atomic mass is 10.2. The molecule has 1 saturated heterocycles. The molecule has 2 rings (SSSR count). The lowest BCUT2D eigenvalue weighted by Crippen LogP contribution is -2.31. The van der Waals surface area contributed by atoms with E-state index in [2.05, 4.69) is 0 Å². The van der Waals surface area contributed by atoms with Crippen LogP contribution in [0.4, 0.5) is 4.39 Å². The Labute approximate surface area is 103 Å². The summed E-state index contributed by atoms with van der Waals surface area (Å²) in [6.07, 6.45) is -6.11. The molecule has 1 aliphatic rings. The van der Waals surface area contributed by atoms with Crippen LogP contribution in [-0.2, 0) is 9.47 Å². The van der Waals surface area contributed by atoms with Crippen LogP contribution in [0.1, 0.15) is 10.4 Å². The number of aliphatic hydroxyl groups is 2. The standard InChI is InChI=1S/C12H13FO5/c13-9-8(18-12(16)10(9)14)6-17-11(15)7-4-2-1-3-5-7/h1-5,8-10,12,14,16H,6H2/t8-,9-,10-,12-/m1/s1. The van der Waals surface area contributed by atoms with Crippen LogP contribution in [0.2, 0.25) is 0 Å². The molecule has 1 aromatic rings. The van der Waals surface area contributed by atoms with Crippen molar-refractivity contribution in [2.75, 3.05) is 6.61 Å². The van der Waals surface area contributed by atoms with Gasteiger partial charge in [0.1, 0.15) is 18.8 Å². The molecule has 0 spiro atoms. The summed E-state index contributed by atoms with van der Waals surface area (Å²) in [5.41, 5.74) is 0.340. The van der Waals surface area contributed by atoms with Crippen LogP contribution >= 0.6 is 0 Å². The normalized spacial score (nSPS) is 31.3. The van der Waals surface area contributed by atoms with Crippen LogP contribution in [0.5, 0.6) is 0 Å². The zero-order valence-electron chi connectivity index (χ0n) is 9.40. The second kappa shape index (κ2) is 5.43. The van der Waals surface area contributed by atoms with Crippen LogP contribution in [0.3, 0.4) is 0 Å². The molecule has 0 amide bonds. The molecule has 1 aromatic carbocycles. The van der Waals surface area contributed by atoms with E-state index in [9.17, 15) is 9.18 Å². The van der Waals surface area contributed by atoms with Gasteiger partial charge in [0.15, 0.2) is 12.5 Å². The van der Waals surface area contributed by atoms with E-state index in [0.29, 0.717) is 5.56 Å². The van der Waals surface area contributed by atoms with Crippen LogP contribution < -0.4 is 0 Å². The van der Waals surface area contributed by atoms with Gasteiger partial charge in [0, 0.05) is 0 Å². The SMILES string of the molecule is O=C(OC[C@H]1O[C@@H](O)[C@H](O)[C@@H]1F)c1ccccc1. The Bertz CT molecular complexity index is 410. The Balaban J connectivity index is 1.88. The van der Waals surface area contributed by atoms with E-state index in [-0.39, 0.29) is 6.61 Å². The van der Waals surface area contributed by atoms with Crippen molar-refractivity contribution in [2.24, 2.45) is 0 Å². The number of esters is 1. The van der Waals surface area contributed by atoms with Crippen molar-refractivity contribution in [3.8, 4) is 0 Å². The minimum atomic E-state index is -1.77. The predicted octanol–water partition coefficient (Wildman–Crippen LogP) is 0.260. The number of carbonyl (C=O) groups is 1. The Kier molecular flexibility index (Phi) is 3.90. The monoisotopic (exact) mass is 256 g/mol. The second-order valence-corrected chi connectivity index (χ2v) is 3.96. The summed E-state index contributed by atoms with van der Waals surface area (Å²) in [4.78, 5) is 11.5. The summed E-state index contributed by atoms with van der Waals surface area (Å²) in [5.74, 6) is -0.609. The highest BCUT2D eigenvalue weighted by atomic mass is 19.1. The smallest absolute Gasteiger partial charge is 0.338 e. The Morgan fingerprint density at radius 3 is 2.56 bits per heavy atom. The Morgan fingerprint density at radius 2 is 2.00 bits per heavy atom. The summed E-state index contributed by atoms with van der Waals surface area (Å²) in [5, 5.41) is 18.2. The molecule has 0 unspecified atom stereocenters. The van der Waals surface area contributed by atoms with Crippen LogP contribution in [0, 0.1) is 0 Å². The second-order valence-electron chi connectivity index (χ2n) is 3.96. The number of alkyl halides is 1. The van der Waals surface area contributed by atoms with E-state index in [4.69, 9.17) is 19.7 Å². The maximum Gasteiger partial charge on any atom is 0.338 e. The molecule has 1 aliphatic heterocycles. The first kappa shape index (κ1) is 12.9. The van der Waals surface area contributed by atoms with Gasteiger partial charge in [-0.1, -0.05) is 18.2 Å². The molecule has 1 fully saturated rings. The third-order valence-corrected chi connectivity index (χ3v) is 2.68. The van der Waals surface area contributed by atoms with Gasteiger partial charge in [-0.05, 0) is 12.1 Å². The first-order valence-corrected chi connectivity index (χ1v) is 5.47. The van der Waals surface area contributed by atoms with Gasteiger partial charge in [0.05, 0.1) is 5.56 Å². The molecule has 1 heterocycles. The Morgan fingerprint density at radius 1 is 1.33 bits per heavy atom. The predicted molar refractivity (Wildman–Crippen MR) is 58.5 cm³/mol. The van der Waals surface area contributed by atoms with Crippen molar-refractivity contribution in [3.63, 3.8) is 0 Å². The number of hydrogen-bond donors (Lipinski definition) is 2. The van der Waals surface area contributed by atoms with Gasteiger partial charge in [0.25, 0.3) is 0 Å². The van der Waals surface area contributed by atoms with Crippen LogP contribution in [0.15, 0.2) is 30.3 Å². The lowest BCUT2D eigenvalue weighted by molar-refractivity contribution is -0.133. The number of ether oxygens (including phenoxy) is 2. The summed E-state index contributed by atoms with van der Waals surface area (Å²) in [7, 11) is 0. The number of halogens is 1. The van der Waals surface area contributed by atoms with Gasteiger partial charge in [0.2, 0.25) is 0 Å². The zero-order valence-corrected chi connectivity index (χ0v) is 9.40. The quantitative estimate of drug-likeness (QED) is 0.759. The van der Waals surface area contributed by atoms with Gasteiger partial charge >= 0.3 is 5.97 Å². The largest absolute Gasteiger partial charge is 0.459 e. The first-order valence-electron chi connectivity index (χ1n) is 5.47. The van der Waals surface area contributed by atoms with Gasteiger partial charge in [-0.2, -0.15) is 0 Å². The molecule has 0 aromatic heterocycles. The molecular weight excluding hydrogens is 243 g/mol. The van der Waals surface area contributed by atoms with E-state index in [1.54, 1.807) is 30.3 Å². The average molecular weight is 256 g/mol. The molecular formula is C12H13FO5. The molecule has 6 heteroatoms. The third-order valence-electron chi connectivity index (χ3n) is 2.68. The molecule has 98 valence electrons. The zero-order chi connectivity index (χ0) is 13.1. The number of benzene rings is 1. The van der Waals surface area contributed by atoms with Gasteiger partial charge in [-0.3, -0.25) is 0 Å². The maximum atomic E-state index is 13.4. The van der Waals surface area contributed by atoms with Gasteiger partial charge < -0.3 is 19.7 Å². The van der Waals surface area contributed by atoms with Crippen molar-refractivity contribution in [1.29, 1.82) is 0 Å². The van der Waals surface area contributed by atoms with E-state index < -0.39 is 30.6 Å². The van der Waals surface area contributed by atoms with Gasteiger partial charge in [-0.15, -0.1) is 0 Å². The molecule has 5 nitrogen and oxygen atoms in total. The average Bonchev–Trinajstić information content (AvgIpc) is 2.64. The first-order chi connectivity index (χ1) is 8.59. The highest BCUT2D eigenvalue weighted by Gasteiger charge is 2.43. The highest BCUT2D eigenvalue weighted by Crippen LogP contribution is 2.22. The molecule has 2 N–H and O–H groups in total. The molecule has 18 heavy (non-hydrogen) atoms. The van der Waals surface area contributed by atoms with Crippen LogP contribution in [0.25, 0.3) is 0 Å². The third kappa shape index (κ3) is 2.66. The minimum absolute atomic E-state index is 0.340. The fraction of sp³-hybridized carbons (Fsp3) is 0.417. The topological polar surface area (TPSA) is 76.0 Å². The molecule has 0 saturated carbocycles. The summed E-state index contributed by atoms with van der Waals surface area (Å²) >= 11 is 0. The van der Waals surface area contributed by atoms with E-state index in [1.807, 2.05) is 0 Å². The van der Waals surface area contributed by atoms with E-state index >= 15 is 0 Å². The number of hydrogen-bond acceptors (Lipinski definition) is 5. The fourth-order valence-corrected chi connectivity index (χ4v) is 1.66. The van der Waals surface area contributed by atoms with Crippen molar-refractivity contribution >= 4 is 5.97 Å². The lowest BCUT2D eigenvalue weighted by Gasteiger charge is -2.12. The number of aliphatic hydroxyl groups excluding tert-OH is 2. The van der Waals surface area contributed by atoms with Crippen molar-refractivity contribution in [2.45, 2.75) is 24.7 Å². The van der Waals surface area contributed by atoms with Crippen molar-refractivity contribution < 1.29 is 28.9 Å². The summed E-state index contributed by atoms with van der Waals surface area (Å²) < 4.78 is 22.9.